The van der Waals surface area contributed by atoms with E-state index in [-0.39, 0.29) is 11.7 Å². The molecule has 0 radical (unpaired) electrons. The van der Waals surface area contributed by atoms with Crippen LogP contribution < -0.4 is 5.32 Å². The first-order valence-electron chi connectivity index (χ1n) is 6.81. The van der Waals surface area contributed by atoms with Crippen molar-refractivity contribution in [3.05, 3.63) is 64.1 Å². The third-order valence-electron chi connectivity index (χ3n) is 3.89. The van der Waals surface area contributed by atoms with Gasteiger partial charge in [0.25, 0.3) is 0 Å². The molecule has 104 valence electrons. The average Bonchev–Trinajstić information content (AvgIpc) is 2.48. The monoisotopic (exact) mass is 334 g/mol. The predicted octanol–water partition coefficient (Wildman–Crippen LogP) is 3.84. The first-order chi connectivity index (χ1) is 9.74. The number of hydrogen-bond donors (Lipinski definition) is 1. The zero-order valence-corrected chi connectivity index (χ0v) is 12.6. The van der Waals surface area contributed by atoms with Gasteiger partial charge in [-0.2, -0.15) is 0 Å². The Labute approximate surface area is 126 Å². The molecule has 2 unspecified atom stereocenters. The first kappa shape index (κ1) is 13.7. The quantitative estimate of drug-likeness (QED) is 0.902. The zero-order chi connectivity index (χ0) is 13.9. The number of nitrogens with one attached hydrogen (secondary N) is 1. The summed E-state index contributed by atoms with van der Waals surface area (Å²) in [4.78, 5) is 4.53. The van der Waals surface area contributed by atoms with Gasteiger partial charge in [0.05, 0.1) is 0 Å². The largest absolute Gasteiger partial charge is 0.316 e. The normalized spacial score (nSPS) is 22.7. The van der Waals surface area contributed by atoms with E-state index in [1.165, 1.54) is 6.07 Å². The van der Waals surface area contributed by atoms with Crippen molar-refractivity contribution < 1.29 is 4.39 Å². The van der Waals surface area contributed by atoms with Gasteiger partial charge < -0.3 is 5.32 Å². The summed E-state index contributed by atoms with van der Waals surface area (Å²) in [7, 11) is 0. The van der Waals surface area contributed by atoms with Gasteiger partial charge in [0.1, 0.15) is 5.82 Å². The van der Waals surface area contributed by atoms with Crippen molar-refractivity contribution in [3.8, 4) is 0 Å². The van der Waals surface area contributed by atoms with Crippen LogP contribution in [-0.4, -0.2) is 18.1 Å². The van der Waals surface area contributed by atoms with E-state index >= 15 is 0 Å². The fraction of sp³-hybridized carbons (Fsp3) is 0.312. The molecule has 2 aromatic rings. The van der Waals surface area contributed by atoms with Crippen LogP contribution in [0, 0.1) is 5.82 Å². The topological polar surface area (TPSA) is 24.9 Å². The molecule has 0 amide bonds. The Morgan fingerprint density at radius 1 is 1.20 bits per heavy atom. The summed E-state index contributed by atoms with van der Waals surface area (Å²) in [5, 5.41) is 3.40. The van der Waals surface area contributed by atoms with E-state index in [0.717, 1.165) is 35.2 Å². The molecule has 0 bridgehead atoms. The molecule has 1 N–H and O–H groups in total. The van der Waals surface area contributed by atoms with E-state index < -0.39 is 0 Å². The van der Waals surface area contributed by atoms with Crippen LogP contribution in [0.15, 0.2) is 47.1 Å². The van der Waals surface area contributed by atoms with Gasteiger partial charge in [0, 0.05) is 34.7 Å². The van der Waals surface area contributed by atoms with Gasteiger partial charge in [-0.3, -0.25) is 4.98 Å². The van der Waals surface area contributed by atoms with Crippen LogP contribution >= 0.6 is 15.9 Å². The second-order valence-electron chi connectivity index (χ2n) is 5.16. The van der Waals surface area contributed by atoms with Gasteiger partial charge in [-0.05, 0) is 58.7 Å². The molecule has 1 aromatic heterocycles. The summed E-state index contributed by atoms with van der Waals surface area (Å²) in [5.41, 5.74) is 2.14. The zero-order valence-electron chi connectivity index (χ0n) is 11.0. The summed E-state index contributed by atoms with van der Waals surface area (Å²) in [5.74, 6) is 0.440. The molecule has 4 heteroatoms. The molecule has 2 atom stereocenters. The second-order valence-corrected chi connectivity index (χ2v) is 6.08. The molecular formula is C16H16BrFN2. The maximum atomic E-state index is 13.5. The molecule has 0 saturated carbocycles. The lowest BCUT2D eigenvalue weighted by atomic mass is 9.79. The van der Waals surface area contributed by atoms with Crippen molar-refractivity contribution in [2.75, 3.05) is 13.1 Å². The predicted molar refractivity (Wildman–Crippen MR) is 81.3 cm³/mol. The van der Waals surface area contributed by atoms with Crippen molar-refractivity contribution in [1.82, 2.24) is 10.3 Å². The molecule has 0 spiro atoms. The molecule has 1 aliphatic heterocycles. The third kappa shape index (κ3) is 2.91. The number of piperidine rings is 1. The van der Waals surface area contributed by atoms with Crippen LogP contribution in [0.2, 0.25) is 0 Å². The molecule has 1 aliphatic rings. The Morgan fingerprint density at radius 3 is 2.85 bits per heavy atom. The summed E-state index contributed by atoms with van der Waals surface area (Å²) in [6.45, 7) is 1.85. The summed E-state index contributed by atoms with van der Waals surface area (Å²) in [6.07, 6.45) is 2.86. The van der Waals surface area contributed by atoms with E-state index in [1.54, 1.807) is 12.1 Å². The van der Waals surface area contributed by atoms with Gasteiger partial charge in [0.15, 0.2) is 0 Å². The molecule has 1 saturated heterocycles. The highest BCUT2D eigenvalue weighted by Crippen LogP contribution is 2.36. The number of rotatable bonds is 2. The van der Waals surface area contributed by atoms with Crippen LogP contribution in [0.3, 0.4) is 0 Å². The van der Waals surface area contributed by atoms with E-state index in [1.807, 2.05) is 18.3 Å². The highest BCUT2D eigenvalue weighted by Gasteiger charge is 2.28. The minimum atomic E-state index is -0.171. The highest BCUT2D eigenvalue weighted by atomic mass is 79.9. The average molecular weight is 335 g/mol. The number of pyridine rings is 1. The molecule has 1 aromatic carbocycles. The Balaban J connectivity index is 1.93. The summed E-state index contributed by atoms with van der Waals surface area (Å²) in [6, 6.07) is 11.0. The first-order valence-corrected chi connectivity index (χ1v) is 7.61. The molecule has 2 nitrogen and oxygen atoms in total. The Bertz CT molecular complexity index is 585. The maximum Gasteiger partial charge on any atom is 0.123 e. The Morgan fingerprint density at radius 2 is 2.10 bits per heavy atom. The highest BCUT2D eigenvalue weighted by molar-refractivity contribution is 9.10. The van der Waals surface area contributed by atoms with Crippen LogP contribution in [0.5, 0.6) is 0 Å². The van der Waals surface area contributed by atoms with Crippen molar-refractivity contribution in [2.45, 2.75) is 18.3 Å². The number of aromatic nitrogens is 1. The summed E-state index contributed by atoms with van der Waals surface area (Å²) >= 11 is 3.41. The van der Waals surface area contributed by atoms with Gasteiger partial charge in [-0.25, -0.2) is 4.39 Å². The number of benzene rings is 1. The Kier molecular flexibility index (Phi) is 4.13. The number of nitrogens with zero attached hydrogens (tertiary/aromatic N) is 1. The molecule has 20 heavy (non-hydrogen) atoms. The Hall–Kier alpha value is -1.26. The molecule has 2 heterocycles. The van der Waals surface area contributed by atoms with Crippen LogP contribution in [0.25, 0.3) is 0 Å². The lowest BCUT2D eigenvalue weighted by Gasteiger charge is -2.32. The van der Waals surface area contributed by atoms with Crippen molar-refractivity contribution >= 4 is 15.9 Å². The molecule has 3 rings (SSSR count). The standard InChI is InChI=1S/C16H16BrFN2/c17-12-4-5-16(20-9-12)14-6-7-19-10-15(14)11-2-1-3-13(18)8-11/h1-5,8-9,14-15,19H,6-7,10H2. The number of hydrogen-bond acceptors (Lipinski definition) is 2. The number of halogens is 2. The fourth-order valence-corrected chi connectivity index (χ4v) is 3.14. The van der Waals surface area contributed by atoms with Crippen molar-refractivity contribution in [3.63, 3.8) is 0 Å². The lowest BCUT2D eigenvalue weighted by Crippen LogP contribution is -2.34. The van der Waals surface area contributed by atoms with Crippen LogP contribution in [0.1, 0.15) is 29.5 Å². The van der Waals surface area contributed by atoms with Crippen LogP contribution in [-0.2, 0) is 0 Å². The third-order valence-corrected chi connectivity index (χ3v) is 4.36. The molecule has 1 fully saturated rings. The van der Waals surface area contributed by atoms with Crippen molar-refractivity contribution in [2.24, 2.45) is 0 Å². The van der Waals surface area contributed by atoms with Crippen molar-refractivity contribution in [1.29, 1.82) is 0 Å². The second kappa shape index (κ2) is 6.02. The van der Waals surface area contributed by atoms with E-state index in [0.29, 0.717) is 5.92 Å². The van der Waals surface area contributed by atoms with Gasteiger partial charge in [-0.1, -0.05) is 12.1 Å². The van der Waals surface area contributed by atoms with E-state index in [2.05, 4.69) is 32.3 Å². The maximum absolute atomic E-state index is 13.5. The fourth-order valence-electron chi connectivity index (χ4n) is 2.91. The van der Waals surface area contributed by atoms with Crippen LogP contribution in [0.4, 0.5) is 4.39 Å². The smallest absolute Gasteiger partial charge is 0.123 e. The van der Waals surface area contributed by atoms with E-state index in [9.17, 15) is 4.39 Å². The SMILES string of the molecule is Fc1cccc(C2CNCCC2c2ccc(Br)cn2)c1. The minimum absolute atomic E-state index is 0.171. The minimum Gasteiger partial charge on any atom is -0.316 e. The lowest BCUT2D eigenvalue weighted by molar-refractivity contribution is 0.397. The van der Waals surface area contributed by atoms with Gasteiger partial charge in [-0.15, -0.1) is 0 Å². The summed E-state index contributed by atoms with van der Waals surface area (Å²) < 4.78 is 14.4. The van der Waals surface area contributed by atoms with Gasteiger partial charge >= 0.3 is 0 Å². The molecular weight excluding hydrogens is 319 g/mol. The van der Waals surface area contributed by atoms with Gasteiger partial charge in [0.2, 0.25) is 0 Å². The van der Waals surface area contributed by atoms with E-state index in [4.69, 9.17) is 0 Å². The molecule has 0 aliphatic carbocycles.